The first-order valence-electron chi connectivity index (χ1n) is 9.37. The zero-order valence-electron chi connectivity index (χ0n) is 17.0. The van der Waals surface area contributed by atoms with E-state index in [9.17, 15) is 4.79 Å². The molecule has 0 saturated carbocycles. The van der Waals surface area contributed by atoms with Gasteiger partial charge < -0.3 is 32.2 Å². The minimum absolute atomic E-state index is 0.0446. The Morgan fingerprint density at radius 2 is 1.93 bits per heavy atom. The highest BCUT2D eigenvalue weighted by Crippen LogP contribution is 2.18. The first kappa shape index (κ1) is 23.0. The maximum Gasteiger partial charge on any atom is 0.273 e. The lowest BCUT2D eigenvalue weighted by Gasteiger charge is -2.32. The van der Waals surface area contributed by atoms with Crippen molar-refractivity contribution in [1.29, 1.82) is 5.41 Å². The van der Waals surface area contributed by atoms with Crippen LogP contribution < -0.4 is 27.3 Å². The summed E-state index contributed by atoms with van der Waals surface area (Å²) in [5.41, 5.74) is 18.0. The molecule has 10 nitrogen and oxygen atoms in total. The fourth-order valence-corrected chi connectivity index (χ4v) is 3.07. The summed E-state index contributed by atoms with van der Waals surface area (Å²) in [5.74, 6) is -0.0319. The van der Waals surface area contributed by atoms with E-state index in [4.69, 9.17) is 38.9 Å². The predicted octanol–water partition coefficient (Wildman–Crippen LogP) is 1.60. The number of ether oxygens (including phenoxy) is 1. The molecule has 0 spiro atoms. The lowest BCUT2D eigenvalue weighted by atomic mass is 10.1. The molecule has 0 saturated heterocycles. The van der Waals surface area contributed by atoms with Gasteiger partial charge in [-0.2, -0.15) is 0 Å². The average Bonchev–Trinajstić information content (AvgIpc) is 2.72. The van der Waals surface area contributed by atoms with Gasteiger partial charge in [0.05, 0.1) is 7.11 Å². The molecule has 1 amide bonds. The van der Waals surface area contributed by atoms with E-state index < -0.39 is 5.91 Å². The number of nitrogen functional groups attached to an aromatic ring is 2. The summed E-state index contributed by atoms with van der Waals surface area (Å²) in [5, 5.41) is 10.7. The Balaban J connectivity index is 2.13. The second-order valence-corrected chi connectivity index (χ2v) is 7.01. The van der Waals surface area contributed by atoms with Crippen molar-refractivity contribution >= 4 is 35.1 Å². The number of carbonyl (C=O) groups is 1. The average molecular weight is 435 g/mol. The van der Waals surface area contributed by atoms with Gasteiger partial charge in [-0.3, -0.25) is 10.2 Å². The molecule has 0 unspecified atom stereocenters. The van der Waals surface area contributed by atoms with Gasteiger partial charge >= 0.3 is 0 Å². The van der Waals surface area contributed by atoms with Gasteiger partial charge in [-0.1, -0.05) is 37.1 Å². The van der Waals surface area contributed by atoms with Crippen LogP contribution in [-0.4, -0.2) is 46.4 Å². The number of amides is 1. The second kappa shape index (κ2) is 10.5. The van der Waals surface area contributed by atoms with Crippen LogP contribution >= 0.6 is 11.6 Å². The summed E-state index contributed by atoms with van der Waals surface area (Å²) >= 11 is 5.85. The number of anilines is 2. The molecular weight excluding hydrogens is 408 g/mol. The molecule has 0 bridgehead atoms. The summed E-state index contributed by atoms with van der Waals surface area (Å²) in [4.78, 5) is 22.0. The van der Waals surface area contributed by atoms with E-state index in [2.05, 4.69) is 15.3 Å². The second-order valence-electron chi connectivity index (χ2n) is 6.65. The molecule has 2 rings (SSSR count). The highest BCUT2D eigenvalue weighted by Gasteiger charge is 2.22. The van der Waals surface area contributed by atoms with Crippen LogP contribution in [0.15, 0.2) is 24.3 Å². The summed E-state index contributed by atoms with van der Waals surface area (Å²) < 4.78 is 5.17. The standard InChI is InChI=1S/C19H27ClN8O2/c1-3-4-12(9-25-18(29)14-16(21)27-17(22)15(20)26-14)28(19(23)24)10-11-5-7-13(30-2)8-6-11/h5-8,12H,3-4,9-10H2,1-2H3,(H3,23,24)(H,25,29)(H4,21,22,27)/t12-/m0/s1. The van der Waals surface area contributed by atoms with Crippen LogP contribution in [0.25, 0.3) is 0 Å². The van der Waals surface area contributed by atoms with E-state index in [1.54, 1.807) is 12.0 Å². The summed E-state index contributed by atoms with van der Waals surface area (Å²) in [6.07, 6.45) is 1.54. The highest BCUT2D eigenvalue weighted by atomic mass is 35.5. The number of guanidine groups is 1. The largest absolute Gasteiger partial charge is 0.497 e. The first-order valence-corrected chi connectivity index (χ1v) is 9.74. The third kappa shape index (κ3) is 5.86. The molecule has 0 aliphatic heterocycles. The van der Waals surface area contributed by atoms with Gasteiger partial charge in [-0.25, -0.2) is 9.97 Å². The molecule has 30 heavy (non-hydrogen) atoms. The van der Waals surface area contributed by atoms with Gasteiger partial charge in [0.15, 0.2) is 28.4 Å². The number of rotatable bonds is 9. The molecule has 1 atom stereocenters. The number of halogens is 1. The van der Waals surface area contributed by atoms with Crippen molar-refractivity contribution in [2.75, 3.05) is 25.1 Å². The topological polar surface area (TPSA) is 169 Å². The molecule has 1 aromatic carbocycles. The van der Waals surface area contributed by atoms with Gasteiger partial charge in [0.1, 0.15) is 5.75 Å². The number of aromatic nitrogens is 2. The highest BCUT2D eigenvalue weighted by molar-refractivity contribution is 6.31. The molecule has 8 N–H and O–H groups in total. The number of nitrogens with two attached hydrogens (primary N) is 3. The normalized spacial score (nSPS) is 11.6. The van der Waals surface area contributed by atoms with Crippen molar-refractivity contribution in [2.24, 2.45) is 5.73 Å². The van der Waals surface area contributed by atoms with Crippen LogP contribution in [0.3, 0.4) is 0 Å². The number of benzene rings is 1. The molecule has 0 aliphatic carbocycles. The zero-order valence-corrected chi connectivity index (χ0v) is 17.7. The van der Waals surface area contributed by atoms with Crippen molar-refractivity contribution in [3.63, 3.8) is 0 Å². The van der Waals surface area contributed by atoms with E-state index in [0.29, 0.717) is 13.0 Å². The van der Waals surface area contributed by atoms with Gasteiger partial charge in [-0.05, 0) is 24.1 Å². The van der Waals surface area contributed by atoms with Crippen LogP contribution in [-0.2, 0) is 6.54 Å². The maximum absolute atomic E-state index is 12.5. The van der Waals surface area contributed by atoms with Crippen molar-refractivity contribution in [3.8, 4) is 5.75 Å². The SMILES string of the molecule is CCC[C@@H](CNC(=O)c1nc(Cl)c(N)nc1N)N(Cc1ccc(OC)cc1)C(=N)N. The summed E-state index contributed by atoms with van der Waals surface area (Å²) in [6.45, 7) is 2.66. The number of nitrogens with zero attached hydrogens (tertiary/aromatic N) is 3. The molecule has 2 aromatic rings. The smallest absolute Gasteiger partial charge is 0.273 e. The van der Waals surface area contributed by atoms with Crippen molar-refractivity contribution in [3.05, 3.63) is 40.7 Å². The van der Waals surface area contributed by atoms with Crippen LogP contribution in [0, 0.1) is 5.41 Å². The third-order valence-corrected chi connectivity index (χ3v) is 4.78. The van der Waals surface area contributed by atoms with Gasteiger partial charge in [0.2, 0.25) is 0 Å². The molecule has 11 heteroatoms. The van der Waals surface area contributed by atoms with Gasteiger partial charge in [-0.15, -0.1) is 0 Å². The van der Waals surface area contributed by atoms with Crippen LogP contribution in [0.5, 0.6) is 5.75 Å². The Kier molecular flexibility index (Phi) is 8.05. The first-order chi connectivity index (χ1) is 14.3. The number of nitrogens with one attached hydrogen (secondary N) is 2. The van der Waals surface area contributed by atoms with Crippen LogP contribution in [0.1, 0.15) is 35.8 Å². The molecule has 0 radical (unpaired) electrons. The number of hydrogen-bond acceptors (Lipinski definition) is 7. The molecular formula is C19H27ClN8O2. The fourth-order valence-electron chi connectivity index (χ4n) is 2.94. The van der Waals surface area contributed by atoms with E-state index in [1.807, 2.05) is 31.2 Å². The van der Waals surface area contributed by atoms with E-state index in [-0.39, 0.29) is 41.0 Å². The van der Waals surface area contributed by atoms with Crippen molar-refractivity contribution in [2.45, 2.75) is 32.4 Å². The molecule has 0 aliphatic rings. The Labute approximate surface area is 180 Å². The predicted molar refractivity (Wildman–Crippen MR) is 117 cm³/mol. The maximum atomic E-state index is 12.5. The minimum atomic E-state index is -0.532. The van der Waals surface area contributed by atoms with E-state index in [1.165, 1.54) is 0 Å². The fraction of sp³-hybridized carbons (Fsp3) is 0.368. The number of carbonyl (C=O) groups excluding carboxylic acids is 1. The molecule has 1 aromatic heterocycles. The zero-order chi connectivity index (χ0) is 22.3. The Bertz CT molecular complexity index is 891. The van der Waals surface area contributed by atoms with E-state index in [0.717, 1.165) is 17.7 Å². The number of hydrogen-bond donors (Lipinski definition) is 5. The van der Waals surface area contributed by atoms with Crippen LogP contribution in [0.2, 0.25) is 5.15 Å². The molecule has 1 heterocycles. The van der Waals surface area contributed by atoms with E-state index >= 15 is 0 Å². The molecule has 162 valence electrons. The summed E-state index contributed by atoms with van der Waals surface area (Å²) in [6, 6.07) is 7.29. The lowest BCUT2D eigenvalue weighted by Crippen LogP contribution is -2.49. The monoisotopic (exact) mass is 434 g/mol. The minimum Gasteiger partial charge on any atom is -0.497 e. The van der Waals surface area contributed by atoms with Gasteiger partial charge in [0, 0.05) is 19.1 Å². The van der Waals surface area contributed by atoms with Crippen molar-refractivity contribution < 1.29 is 9.53 Å². The quantitative estimate of drug-likeness (QED) is 0.292. The summed E-state index contributed by atoms with van der Waals surface area (Å²) in [7, 11) is 1.60. The Morgan fingerprint density at radius 3 is 2.50 bits per heavy atom. The Hall–Kier alpha value is -3.27. The Morgan fingerprint density at radius 1 is 1.27 bits per heavy atom. The third-order valence-electron chi connectivity index (χ3n) is 4.50. The van der Waals surface area contributed by atoms with Gasteiger partial charge in [0.25, 0.3) is 5.91 Å². The van der Waals surface area contributed by atoms with Crippen molar-refractivity contribution in [1.82, 2.24) is 20.2 Å². The number of methoxy groups -OCH3 is 1. The lowest BCUT2D eigenvalue weighted by molar-refractivity contribution is 0.0936. The molecule has 0 fully saturated rings. The van der Waals surface area contributed by atoms with Crippen LogP contribution in [0.4, 0.5) is 11.6 Å².